The van der Waals surface area contributed by atoms with E-state index in [4.69, 9.17) is 28.9 Å². The van der Waals surface area contributed by atoms with E-state index in [0.717, 1.165) is 0 Å². The molecule has 106 valence electrons. The summed E-state index contributed by atoms with van der Waals surface area (Å²) < 4.78 is 14.7. The predicted octanol–water partition coefficient (Wildman–Crippen LogP) is 1.29. The second kappa shape index (κ2) is 6.17. The Kier molecular flexibility index (Phi) is 4.53. The van der Waals surface area contributed by atoms with Crippen molar-refractivity contribution in [3.8, 4) is 5.69 Å². The number of hydrogen-bond donors (Lipinski definition) is 2. The Balaban J connectivity index is 2.18. The minimum Gasteiger partial charge on any atom is -0.349 e. The van der Waals surface area contributed by atoms with Crippen LogP contribution in [0, 0.1) is 5.82 Å². The molecule has 0 fully saturated rings. The Morgan fingerprint density at radius 1 is 1.40 bits per heavy atom. The smallest absolute Gasteiger partial charge is 0.234 e. The lowest BCUT2D eigenvalue weighted by atomic mass is 10.3. The number of amides is 1. The second-order valence-electron chi connectivity index (χ2n) is 3.86. The maximum absolute atomic E-state index is 13.3. The van der Waals surface area contributed by atoms with E-state index in [9.17, 15) is 9.18 Å². The molecule has 0 aliphatic carbocycles. The third kappa shape index (κ3) is 3.24. The van der Waals surface area contributed by atoms with Crippen LogP contribution in [0.4, 0.5) is 4.39 Å². The zero-order valence-corrected chi connectivity index (χ0v) is 11.6. The van der Waals surface area contributed by atoms with Gasteiger partial charge in [-0.3, -0.25) is 4.79 Å². The van der Waals surface area contributed by atoms with Crippen molar-refractivity contribution >= 4 is 29.1 Å². The van der Waals surface area contributed by atoms with Gasteiger partial charge < -0.3 is 11.1 Å². The number of nitrogens with two attached hydrogens (primary N) is 1. The van der Waals surface area contributed by atoms with Gasteiger partial charge in [-0.25, -0.2) is 9.07 Å². The van der Waals surface area contributed by atoms with Crippen LogP contribution in [0.2, 0.25) is 10.0 Å². The first-order valence-electron chi connectivity index (χ1n) is 5.54. The molecule has 0 spiro atoms. The summed E-state index contributed by atoms with van der Waals surface area (Å²) in [5.74, 6) is -0.986. The van der Waals surface area contributed by atoms with E-state index >= 15 is 0 Å². The van der Waals surface area contributed by atoms with E-state index in [0.29, 0.717) is 11.4 Å². The highest BCUT2D eigenvalue weighted by Crippen LogP contribution is 2.26. The number of benzene rings is 1. The van der Waals surface area contributed by atoms with Gasteiger partial charge in [-0.2, -0.15) is 0 Å². The first-order valence-corrected chi connectivity index (χ1v) is 6.29. The van der Waals surface area contributed by atoms with Crippen LogP contribution >= 0.6 is 23.2 Å². The van der Waals surface area contributed by atoms with Crippen molar-refractivity contribution in [1.82, 2.24) is 20.3 Å². The number of carbonyl (C=O) groups excluding carboxylic acids is 1. The molecule has 6 nitrogen and oxygen atoms in total. The lowest BCUT2D eigenvalue weighted by Crippen LogP contribution is -2.29. The molecule has 0 unspecified atom stereocenters. The van der Waals surface area contributed by atoms with Gasteiger partial charge in [0.15, 0.2) is 5.82 Å². The van der Waals surface area contributed by atoms with E-state index in [1.165, 1.54) is 16.8 Å². The maximum Gasteiger partial charge on any atom is 0.234 e. The van der Waals surface area contributed by atoms with E-state index in [2.05, 4.69) is 15.6 Å². The van der Waals surface area contributed by atoms with Crippen molar-refractivity contribution in [3.05, 3.63) is 39.9 Å². The highest BCUT2D eigenvalue weighted by molar-refractivity contribution is 6.35. The predicted molar refractivity (Wildman–Crippen MR) is 72.2 cm³/mol. The molecule has 3 N–H and O–H groups in total. The average molecular weight is 318 g/mol. The molecule has 0 aliphatic rings. The fraction of sp³-hybridized carbons (Fsp3) is 0.182. The third-order valence-electron chi connectivity index (χ3n) is 2.43. The Morgan fingerprint density at radius 3 is 2.65 bits per heavy atom. The minimum atomic E-state index is -0.687. The number of nitrogens with zero attached hydrogens (tertiary/aromatic N) is 3. The average Bonchev–Trinajstić information content (AvgIpc) is 2.90. The lowest BCUT2D eigenvalue weighted by Gasteiger charge is -2.03. The van der Waals surface area contributed by atoms with Crippen LogP contribution in [-0.2, 0) is 11.3 Å². The molecule has 1 heterocycles. The van der Waals surface area contributed by atoms with Crippen molar-refractivity contribution in [2.45, 2.75) is 6.54 Å². The van der Waals surface area contributed by atoms with Gasteiger partial charge in [0.1, 0.15) is 5.69 Å². The summed E-state index contributed by atoms with van der Waals surface area (Å²) in [6, 6.07) is 2.75. The third-order valence-corrected chi connectivity index (χ3v) is 2.98. The number of rotatable bonds is 4. The van der Waals surface area contributed by atoms with Crippen LogP contribution in [0.15, 0.2) is 18.3 Å². The van der Waals surface area contributed by atoms with Gasteiger partial charge in [-0.05, 0) is 12.1 Å². The molecule has 1 amide bonds. The number of nitrogens with one attached hydrogen (secondary N) is 1. The molecule has 0 bridgehead atoms. The molecular formula is C11H10Cl2FN5O. The molecule has 0 radical (unpaired) electrons. The van der Waals surface area contributed by atoms with E-state index in [1.54, 1.807) is 6.20 Å². The van der Waals surface area contributed by atoms with Crippen molar-refractivity contribution in [1.29, 1.82) is 0 Å². The minimum absolute atomic E-state index is 0.0999. The summed E-state index contributed by atoms with van der Waals surface area (Å²) in [4.78, 5) is 11.0. The summed E-state index contributed by atoms with van der Waals surface area (Å²) in [5, 5.41) is 10.0. The quantitative estimate of drug-likeness (QED) is 0.832. The number of carbonyl (C=O) groups is 1. The van der Waals surface area contributed by atoms with Crippen LogP contribution in [-0.4, -0.2) is 27.4 Å². The van der Waals surface area contributed by atoms with Gasteiger partial charge in [0.25, 0.3) is 0 Å². The van der Waals surface area contributed by atoms with Crippen LogP contribution in [0.5, 0.6) is 0 Å². The van der Waals surface area contributed by atoms with Gasteiger partial charge >= 0.3 is 0 Å². The first-order chi connectivity index (χ1) is 9.51. The molecule has 0 atom stereocenters. The Morgan fingerprint density at radius 2 is 2.05 bits per heavy atom. The molecule has 1 aromatic heterocycles. The monoisotopic (exact) mass is 317 g/mol. The van der Waals surface area contributed by atoms with Crippen LogP contribution in [0.1, 0.15) is 5.69 Å². The van der Waals surface area contributed by atoms with Gasteiger partial charge in [0.2, 0.25) is 5.91 Å². The molecule has 20 heavy (non-hydrogen) atoms. The van der Waals surface area contributed by atoms with Crippen LogP contribution < -0.4 is 11.1 Å². The van der Waals surface area contributed by atoms with Crippen LogP contribution in [0.25, 0.3) is 5.69 Å². The number of halogens is 3. The van der Waals surface area contributed by atoms with Crippen molar-refractivity contribution < 1.29 is 9.18 Å². The molecule has 9 heteroatoms. The van der Waals surface area contributed by atoms with Crippen LogP contribution in [0.3, 0.4) is 0 Å². The zero-order chi connectivity index (χ0) is 14.7. The highest BCUT2D eigenvalue weighted by Gasteiger charge is 2.10. The molecule has 0 saturated heterocycles. The Bertz CT molecular complexity index is 622. The van der Waals surface area contributed by atoms with E-state index in [-0.39, 0.29) is 29.0 Å². The normalized spacial score (nSPS) is 10.6. The lowest BCUT2D eigenvalue weighted by molar-refractivity contribution is -0.119. The fourth-order valence-electron chi connectivity index (χ4n) is 1.44. The molecule has 0 saturated carbocycles. The standard InChI is InChI=1S/C11H10Cl2FN5O/c12-8-1-7(2-9(13)11(8)14)19-5-6(17-18-19)4-16-10(20)3-15/h1-2,5H,3-4,15H2,(H,16,20). The van der Waals surface area contributed by atoms with Crippen molar-refractivity contribution in [3.63, 3.8) is 0 Å². The Hall–Kier alpha value is -1.70. The van der Waals surface area contributed by atoms with Gasteiger partial charge in [0.05, 0.1) is 35.0 Å². The van der Waals surface area contributed by atoms with Gasteiger partial charge in [-0.15, -0.1) is 5.10 Å². The second-order valence-corrected chi connectivity index (χ2v) is 4.67. The maximum atomic E-state index is 13.3. The summed E-state index contributed by atoms with van der Waals surface area (Å²) in [7, 11) is 0. The van der Waals surface area contributed by atoms with Crippen molar-refractivity contribution in [2.24, 2.45) is 5.73 Å². The summed E-state index contributed by atoms with van der Waals surface area (Å²) in [6.07, 6.45) is 1.57. The van der Waals surface area contributed by atoms with Gasteiger partial charge in [-0.1, -0.05) is 28.4 Å². The van der Waals surface area contributed by atoms with E-state index < -0.39 is 5.82 Å². The first kappa shape index (κ1) is 14.7. The Labute approximate surface area is 123 Å². The van der Waals surface area contributed by atoms with Gasteiger partial charge in [0, 0.05) is 0 Å². The summed E-state index contributed by atoms with van der Waals surface area (Å²) >= 11 is 11.4. The largest absolute Gasteiger partial charge is 0.349 e. The molecule has 0 aliphatic heterocycles. The number of hydrogen-bond acceptors (Lipinski definition) is 4. The molecule has 1 aromatic carbocycles. The van der Waals surface area contributed by atoms with Crippen molar-refractivity contribution in [2.75, 3.05) is 6.54 Å². The zero-order valence-electron chi connectivity index (χ0n) is 10.1. The number of aromatic nitrogens is 3. The highest BCUT2D eigenvalue weighted by atomic mass is 35.5. The summed E-state index contributed by atoms with van der Waals surface area (Å²) in [6.45, 7) is 0.0933. The fourth-order valence-corrected chi connectivity index (χ4v) is 1.92. The topological polar surface area (TPSA) is 85.8 Å². The molecule has 2 aromatic rings. The van der Waals surface area contributed by atoms with E-state index in [1.807, 2.05) is 0 Å². The SMILES string of the molecule is NCC(=O)NCc1cn(-c2cc(Cl)c(F)c(Cl)c2)nn1. The molecular weight excluding hydrogens is 308 g/mol. The molecule has 2 rings (SSSR count). The summed E-state index contributed by atoms with van der Waals surface area (Å²) in [5.41, 5.74) is 6.14.